The van der Waals surface area contributed by atoms with Crippen LogP contribution in [0.4, 0.5) is 4.39 Å². The summed E-state index contributed by atoms with van der Waals surface area (Å²) < 4.78 is 16.0. The first-order valence-electron chi connectivity index (χ1n) is 7.18. The topological polar surface area (TPSA) is 29.9 Å². The van der Waals surface area contributed by atoms with Gasteiger partial charge in [0.25, 0.3) is 0 Å². The third-order valence-electron chi connectivity index (χ3n) is 3.65. The number of nitrogens with one attached hydrogen (secondary N) is 1. The van der Waals surface area contributed by atoms with E-state index >= 15 is 0 Å². The predicted octanol–water partition coefficient (Wildman–Crippen LogP) is 3.38. The van der Waals surface area contributed by atoms with Gasteiger partial charge in [-0.15, -0.1) is 0 Å². The summed E-state index contributed by atoms with van der Waals surface area (Å²) in [5.41, 5.74) is 2.81. The molecule has 2 aromatic rings. The van der Waals surface area contributed by atoms with Crippen molar-refractivity contribution in [2.75, 3.05) is 7.05 Å². The SMILES string of the molecule is CCn1nc(C)cc1CC(Cc1cccc(Cl)c1F)NC. The third kappa shape index (κ3) is 3.83. The lowest BCUT2D eigenvalue weighted by Crippen LogP contribution is -2.31. The number of aryl methyl sites for hydroxylation is 2. The zero-order valence-corrected chi connectivity index (χ0v) is 13.4. The monoisotopic (exact) mass is 309 g/mol. The van der Waals surface area contributed by atoms with Crippen LogP contribution in [0.25, 0.3) is 0 Å². The van der Waals surface area contributed by atoms with Gasteiger partial charge in [0, 0.05) is 24.7 Å². The summed E-state index contributed by atoms with van der Waals surface area (Å²) in [6.45, 7) is 4.90. The maximum atomic E-state index is 14.0. The molecule has 1 unspecified atom stereocenters. The molecule has 1 aromatic carbocycles. The van der Waals surface area contributed by atoms with Crippen molar-refractivity contribution in [1.82, 2.24) is 15.1 Å². The molecule has 1 N–H and O–H groups in total. The van der Waals surface area contributed by atoms with Gasteiger partial charge in [-0.25, -0.2) is 4.39 Å². The van der Waals surface area contributed by atoms with Crippen LogP contribution < -0.4 is 5.32 Å². The maximum absolute atomic E-state index is 14.0. The molecule has 1 atom stereocenters. The molecule has 0 saturated carbocycles. The van der Waals surface area contributed by atoms with Crippen molar-refractivity contribution >= 4 is 11.6 Å². The van der Waals surface area contributed by atoms with E-state index in [0.717, 1.165) is 24.4 Å². The van der Waals surface area contributed by atoms with Gasteiger partial charge in [-0.3, -0.25) is 4.68 Å². The van der Waals surface area contributed by atoms with Crippen molar-refractivity contribution in [2.24, 2.45) is 0 Å². The summed E-state index contributed by atoms with van der Waals surface area (Å²) >= 11 is 5.84. The fraction of sp³-hybridized carbons (Fsp3) is 0.438. The Hall–Kier alpha value is -1.39. The van der Waals surface area contributed by atoms with Gasteiger partial charge in [0.05, 0.1) is 10.7 Å². The highest BCUT2D eigenvalue weighted by Crippen LogP contribution is 2.20. The molecule has 0 saturated heterocycles. The summed E-state index contributed by atoms with van der Waals surface area (Å²) in [5, 5.41) is 7.88. The van der Waals surface area contributed by atoms with E-state index in [1.165, 1.54) is 0 Å². The van der Waals surface area contributed by atoms with Gasteiger partial charge < -0.3 is 5.32 Å². The number of aromatic nitrogens is 2. The molecule has 0 radical (unpaired) electrons. The van der Waals surface area contributed by atoms with Gasteiger partial charge in [0.15, 0.2) is 0 Å². The average molecular weight is 310 g/mol. The average Bonchev–Trinajstić information content (AvgIpc) is 2.82. The van der Waals surface area contributed by atoms with E-state index in [1.807, 2.05) is 18.7 Å². The quantitative estimate of drug-likeness (QED) is 0.886. The van der Waals surface area contributed by atoms with Gasteiger partial charge in [-0.1, -0.05) is 23.7 Å². The molecule has 0 amide bonds. The number of benzene rings is 1. The van der Waals surface area contributed by atoms with Crippen LogP contribution >= 0.6 is 11.6 Å². The van der Waals surface area contributed by atoms with Crippen LogP contribution in [0.5, 0.6) is 0 Å². The molecule has 0 aliphatic heterocycles. The largest absolute Gasteiger partial charge is 0.316 e. The van der Waals surface area contributed by atoms with E-state index in [4.69, 9.17) is 11.6 Å². The van der Waals surface area contributed by atoms with Crippen molar-refractivity contribution in [3.8, 4) is 0 Å². The lowest BCUT2D eigenvalue weighted by molar-refractivity contribution is 0.507. The first kappa shape index (κ1) is 16.0. The summed E-state index contributed by atoms with van der Waals surface area (Å²) in [5.74, 6) is -0.320. The van der Waals surface area contributed by atoms with Crippen molar-refractivity contribution in [3.05, 3.63) is 52.1 Å². The normalized spacial score (nSPS) is 12.6. The molecule has 0 bridgehead atoms. The Labute approximate surface area is 130 Å². The Morgan fingerprint density at radius 1 is 1.38 bits per heavy atom. The van der Waals surface area contributed by atoms with E-state index in [1.54, 1.807) is 18.2 Å². The molecule has 114 valence electrons. The van der Waals surface area contributed by atoms with E-state index in [9.17, 15) is 4.39 Å². The Morgan fingerprint density at radius 2 is 2.14 bits per heavy atom. The number of halogens is 2. The zero-order chi connectivity index (χ0) is 15.4. The molecule has 0 aliphatic rings. The highest BCUT2D eigenvalue weighted by Gasteiger charge is 2.15. The van der Waals surface area contributed by atoms with Gasteiger partial charge in [-0.05, 0) is 45.0 Å². The standard InChI is InChI=1S/C16H21ClFN3/c1-4-21-14(8-11(2)20-21)10-13(19-3)9-12-6-5-7-15(17)16(12)18/h5-8,13,19H,4,9-10H2,1-3H3. The molecular weight excluding hydrogens is 289 g/mol. The van der Waals surface area contributed by atoms with Crippen molar-refractivity contribution < 1.29 is 4.39 Å². The summed E-state index contributed by atoms with van der Waals surface area (Å²) in [7, 11) is 1.90. The molecule has 3 nitrogen and oxygen atoms in total. The van der Waals surface area contributed by atoms with E-state index < -0.39 is 0 Å². The Morgan fingerprint density at radius 3 is 2.81 bits per heavy atom. The smallest absolute Gasteiger partial charge is 0.145 e. The summed E-state index contributed by atoms with van der Waals surface area (Å²) in [6.07, 6.45) is 1.40. The fourth-order valence-corrected chi connectivity index (χ4v) is 2.73. The predicted molar refractivity (Wildman–Crippen MR) is 84.3 cm³/mol. The van der Waals surface area contributed by atoms with Crippen molar-refractivity contribution in [3.63, 3.8) is 0 Å². The Balaban J connectivity index is 2.15. The van der Waals surface area contributed by atoms with Crippen LogP contribution in [0, 0.1) is 12.7 Å². The van der Waals surface area contributed by atoms with Crippen LogP contribution in [0.3, 0.4) is 0 Å². The van der Waals surface area contributed by atoms with E-state index in [2.05, 4.69) is 23.4 Å². The van der Waals surface area contributed by atoms with Crippen LogP contribution in [0.15, 0.2) is 24.3 Å². The molecule has 0 spiro atoms. The lowest BCUT2D eigenvalue weighted by Gasteiger charge is -2.17. The second-order valence-electron chi connectivity index (χ2n) is 5.20. The highest BCUT2D eigenvalue weighted by molar-refractivity contribution is 6.30. The third-order valence-corrected chi connectivity index (χ3v) is 3.94. The van der Waals surface area contributed by atoms with Gasteiger partial charge >= 0.3 is 0 Å². The Kier molecular flexibility index (Phi) is 5.37. The van der Waals surface area contributed by atoms with E-state index in [0.29, 0.717) is 12.0 Å². The van der Waals surface area contributed by atoms with Crippen LogP contribution in [0.2, 0.25) is 5.02 Å². The number of rotatable bonds is 6. The van der Waals surface area contributed by atoms with Gasteiger partial charge in [0.2, 0.25) is 0 Å². The first-order valence-corrected chi connectivity index (χ1v) is 7.56. The molecule has 1 aromatic heterocycles. The molecule has 5 heteroatoms. The second-order valence-corrected chi connectivity index (χ2v) is 5.61. The van der Waals surface area contributed by atoms with Crippen LogP contribution in [-0.2, 0) is 19.4 Å². The van der Waals surface area contributed by atoms with Gasteiger partial charge in [0.1, 0.15) is 5.82 Å². The highest BCUT2D eigenvalue weighted by atomic mass is 35.5. The fourth-order valence-electron chi connectivity index (χ4n) is 2.54. The molecule has 2 rings (SSSR count). The molecule has 1 heterocycles. The van der Waals surface area contributed by atoms with Crippen molar-refractivity contribution in [1.29, 1.82) is 0 Å². The number of hydrogen-bond donors (Lipinski definition) is 1. The number of nitrogens with zero attached hydrogens (tertiary/aromatic N) is 2. The van der Waals surface area contributed by atoms with Crippen molar-refractivity contribution in [2.45, 2.75) is 39.3 Å². The summed E-state index contributed by atoms with van der Waals surface area (Å²) in [6, 6.07) is 7.37. The molecule has 0 aliphatic carbocycles. The molecule has 21 heavy (non-hydrogen) atoms. The summed E-state index contributed by atoms with van der Waals surface area (Å²) in [4.78, 5) is 0. The minimum atomic E-state index is -0.320. The molecular formula is C16H21ClFN3. The van der Waals surface area contributed by atoms with Gasteiger partial charge in [-0.2, -0.15) is 5.10 Å². The lowest BCUT2D eigenvalue weighted by atomic mass is 10.0. The van der Waals surface area contributed by atoms with E-state index in [-0.39, 0.29) is 16.9 Å². The molecule has 0 fully saturated rings. The first-order chi connectivity index (χ1) is 10.0. The zero-order valence-electron chi connectivity index (χ0n) is 12.7. The minimum Gasteiger partial charge on any atom is -0.316 e. The van der Waals surface area contributed by atoms with Crippen LogP contribution in [-0.4, -0.2) is 22.9 Å². The Bertz CT molecular complexity index is 610. The minimum absolute atomic E-state index is 0.138. The number of hydrogen-bond acceptors (Lipinski definition) is 2. The number of likely N-dealkylation sites (N-methyl/N-ethyl adjacent to an activating group) is 1. The van der Waals surface area contributed by atoms with Crippen LogP contribution in [0.1, 0.15) is 23.9 Å². The second kappa shape index (κ2) is 7.05. The maximum Gasteiger partial charge on any atom is 0.145 e.